The second-order valence-electron chi connectivity index (χ2n) is 8.49. The molecule has 8 heteroatoms. The van der Waals surface area contributed by atoms with Crippen LogP contribution in [-0.2, 0) is 14.8 Å². The van der Waals surface area contributed by atoms with Gasteiger partial charge in [-0.3, -0.25) is 9.10 Å². The normalized spacial score (nSPS) is 11.0. The van der Waals surface area contributed by atoms with E-state index in [1.807, 2.05) is 50.2 Å². The van der Waals surface area contributed by atoms with Gasteiger partial charge in [0.1, 0.15) is 23.8 Å². The summed E-state index contributed by atoms with van der Waals surface area (Å²) in [6, 6.07) is 27.7. The monoisotopic (exact) mass is 516 g/mol. The van der Waals surface area contributed by atoms with Crippen LogP contribution < -0.4 is 19.1 Å². The summed E-state index contributed by atoms with van der Waals surface area (Å²) in [5.74, 6) is 1.17. The SMILES string of the molecule is COc1ccc(C)cc1NC(=O)CN(c1ccc(Oc2ccccc2)cc1)S(=O)(=O)c1ccc(C)cc1. The number of rotatable bonds is 9. The van der Waals surface area contributed by atoms with E-state index in [0.29, 0.717) is 28.6 Å². The highest BCUT2D eigenvalue weighted by atomic mass is 32.2. The van der Waals surface area contributed by atoms with E-state index in [-0.39, 0.29) is 4.90 Å². The van der Waals surface area contributed by atoms with Crippen LogP contribution in [0, 0.1) is 13.8 Å². The first-order valence-electron chi connectivity index (χ1n) is 11.6. The first kappa shape index (κ1) is 25.8. The van der Waals surface area contributed by atoms with Crippen molar-refractivity contribution in [3.05, 3.63) is 108 Å². The summed E-state index contributed by atoms with van der Waals surface area (Å²) in [6.07, 6.45) is 0. The average molecular weight is 517 g/mol. The lowest BCUT2D eigenvalue weighted by Gasteiger charge is -2.24. The summed E-state index contributed by atoms with van der Waals surface area (Å²) in [5.41, 5.74) is 2.64. The van der Waals surface area contributed by atoms with E-state index in [4.69, 9.17) is 9.47 Å². The molecule has 0 saturated heterocycles. The van der Waals surface area contributed by atoms with Gasteiger partial charge in [0.15, 0.2) is 0 Å². The third kappa shape index (κ3) is 6.29. The van der Waals surface area contributed by atoms with Crippen LogP contribution in [0.25, 0.3) is 0 Å². The van der Waals surface area contributed by atoms with Crippen molar-refractivity contribution in [2.24, 2.45) is 0 Å². The van der Waals surface area contributed by atoms with Crippen molar-refractivity contribution in [1.29, 1.82) is 0 Å². The van der Waals surface area contributed by atoms with Crippen LogP contribution in [0.3, 0.4) is 0 Å². The molecule has 0 saturated carbocycles. The Morgan fingerprint density at radius 3 is 2.08 bits per heavy atom. The molecule has 0 bridgehead atoms. The van der Waals surface area contributed by atoms with E-state index in [1.165, 1.54) is 19.2 Å². The van der Waals surface area contributed by atoms with Gasteiger partial charge >= 0.3 is 0 Å². The molecule has 0 radical (unpaired) electrons. The fourth-order valence-electron chi connectivity index (χ4n) is 3.70. The zero-order valence-electron chi connectivity index (χ0n) is 20.8. The molecule has 0 aliphatic rings. The second kappa shape index (κ2) is 11.2. The van der Waals surface area contributed by atoms with E-state index in [0.717, 1.165) is 15.4 Å². The molecule has 1 N–H and O–H groups in total. The van der Waals surface area contributed by atoms with E-state index in [1.54, 1.807) is 48.5 Å². The summed E-state index contributed by atoms with van der Waals surface area (Å²) < 4.78 is 39.6. The average Bonchev–Trinajstić information content (AvgIpc) is 2.89. The lowest BCUT2D eigenvalue weighted by atomic mass is 10.2. The molecule has 4 rings (SSSR count). The van der Waals surface area contributed by atoms with Gasteiger partial charge in [-0.15, -0.1) is 0 Å². The number of aryl methyl sites for hydroxylation is 2. The number of nitrogens with one attached hydrogen (secondary N) is 1. The highest BCUT2D eigenvalue weighted by Gasteiger charge is 2.27. The van der Waals surface area contributed by atoms with Crippen LogP contribution in [0.4, 0.5) is 11.4 Å². The lowest BCUT2D eigenvalue weighted by molar-refractivity contribution is -0.114. The van der Waals surface area contributed by atoms with E-state index >= 15 is 0 Å². The van der Waals surface area contributed by atoms with Gasteiger partial charge in [0.05, 0.1) is 23.4 Å². The number of hydrogen-bond donors (Lipinski definition) is 1. The third-order valence-electron chi connectivity index (χ3n) is 5.63. The Bertz CT molecular complexity index is 1470. The standard InChI is InChI=1S/C29H28N2O5S/c1-21-9-16-26(17-10-21)37(33,34)31(20-29(32)30-27-19-22(2)11-18-28(27)35-3)23-12-14-25(15-13-23)36-24-7-5-4-6-8-24/h4-19H,20H2,1-3H3,(H,30,32). The molecule has 0 heterocycles. The first-order valence-corrected chi connectivity index (χ1v) is 13.1. The third-order valence-corrected chi connectivity index (χ3v) is 7.42. The predicted molar refractivity (Wildman–Crippen MR) is 145 cm³/mol. The molecule has 0 atom stereocenters. The van der Waals surface area contributed by atoms with E-state index < -0.39 is 22.5 Å². The van der Waals surface area contributed by atoms with Gasteiger partial charge in [-0.05, 0) is 80.1 Å². The van der Waals surface area contributed by atoms with E-state index in [9.17, 15) is 13.2 Å². The molecule has 0 aliphatic carbocycles. The van der Waals surface area contributed by atoms with Crippen molar-refractivity contribution < 1.29 is 22.7 Å². The van der Waals surface area contributed by atoms with Gasteiger partial charge in [0, 0.05) is 0 Å². The Balaban J connectivity index is 1.64. The molecule has 190 valence electrons. The number of hydrogen-bond acceptors (Lipinski definition) is 5. The maximum atomic E-state index is 13.7. The Morgan fingerprint density at radius 1 is 0.811 bits per heavy atom. The molecule has 7 nitrogen and oxygen atoms in total. The highest BCUT2D eigenvalue weighted by molar-refractivity contribution is 7.92. The number of amides is 1. The minimum atomic E-state index is -4.05. The van der Waals surface area contributed by atoms with Crippen LogP contribution in [0.1, 0.15) is 11.1 Å². The smallest absolute Gasteiger partial charge is 0.264 e. The van der Waals surface area contributed by atoms with Crippen molar-refractivity contribution >= 4 is 27.3 Å². The second-order valence-corrected chi connectivity index (χ2v) is 10.3. The maximum Gasteiger partial charge on any atom is 0.264 e. The number of carbonyl (C=O) groups excluding carboxylic acids is 1. The largest absolute Gasteiger partial charge is 0.495 e. The van der Waals surface area contributed by atoms with Crippen LogP contribution in [0.2, 0.25) is 0 Å². The summed E-state index contributed by atoms with van der Waals surface area (Å²) in [7, 11) is -2.55. The number of sulfonamides is 1. The Hall–Kier alpha value is -4.30. The highest BCUT2D eigenvalue weighted by Crippen LogP contribution is 2.29. The fourth-order valence-corrected chi connectivity index (χ4v) is 5.12. The van der Waals surface area contributed by atoms with Gasteiger partial charge in [0.2, 0.25) is 5.91 Å². The molecule has 0 fully saturated rings. The van der Waals surface area contributed by atoms with Gasteiger partial charge < -0.3 is 14.8 Å². The van der Waals surface area contributed by atoms with Crippen molar-refractivity contribution in [3.63, 3.8) is 0 Å². The predicted octanol–water partition coefficient (Wildman–Crippen LogP) is 5.94. The molecule has 4 aromatic carbocycles. The van der Waals surface area contributed by atoms with Crippen LogP contribution >= 0.6 is 0 Å². The topological polar surface area (TPSA) is 84.9 Å². The fraction of sp³-hybridized carbons (Fsp3) is 0.138. The number of methoxy groups -OCH3 is 1. The van der Waals surface area contributed by atoms with E-state index in [2.05, 4.69) is 5.32 Å². The van der Waals surface area contributed by atoms with Crippen molar-refractivity contribution in [3.8, 4) is 17.2 Å². The molecular weight excluding hydrogens is 488 g/mol. The zero-order valence-corrected chi connectivity index (χ0v) is 21.7. The van der Waals surface area contributed by atoms with Gasteiger partial charge in [-0.25, -0.2) is 8.42 Å². The van der Waals surface area contributed by atoms with Crippen molar-refractivity contribution in [2.75, 3.05) is 23.3 Å². The summed E-state index contributed by atoms with van der Waals surface area (Å²) >= 11 is 0. The Kier molecular flexibility index (Phi) is 7.79. The number of benzene rings is 4. The molecule has 0 aliphatic heterocycles. The maximum absolute atomic E-state index is 13.7. The summed E-state index contributed by atoms with van der Waals surface area (Å²) in [5, 5.41) is 2.78. The molecule has 37 heavy (non-hydrogen) atoms. The van der Waals surface area contributed by atoms with Gasteiger partial charge in [-0.1, -0.05) is 42.0 Å². The molecule has 1 amide bonds. The Labute approximate surface area is 217 Å². The van der Waals surface area contributed by atoms with Crippen LogP contribution in [-0.4, -0.2) is 28.0 Å². The van der Waals surface area contributed by atoms with Crippen LogP contribution in [0.5, 0.6) is 17.2 Å². The molecule has 4 aromatic rings. The Morgan fingerprint density at radius 2 is 1.43 bits per heavy atom. The van der Waals surface area contributed by atoms with Gasteiger partial charge in [-0.2, -0.15) is 0 Å². The molecular formula is C29H28N2O5S. The minimum Gasteiger partial charge on any atom is -0.495 e. The quantitative estimate of drug-likeness (QED) is 0.298. The first-order chi connectivity index (χ1) is 17.8. The summed E-state index contributed by atoms with van der Waals surface area (Å²) in [6.45, 7) is 3.33. The number of para-hydroxylation sites is 1. The molecule has 0 aromatic heterocycles. The number of ether oxygens (including phenoxy) is 2. The van der Waals surface area contributed by atoms with Gasteiger partial charge in [0.25, 0.3) is 10.0 Å². The van der Waals surface area contributed by atoms with Crippen molar-refractivity contribution in [1.82, 2.24) is 0 Å². The zero-order chi connectivity index (χ0) is 26.4. The minimum absolute atomic E-state index is 0.0867. The lowest BCUT2D eigenvalue weighted by Crippen LogP contribution is -2.38. The number of anilines is 2. The van der Waals surface area contributed by atoms with Crippen molar-refractivity contribution in [2.45, 2.75) is 18.7 Å². The molecule has 0 spiro atoms. The number of nitrogens with zero attached hydrogens (tertiary/aromatic N) is 1. The van der Waals surface area contributed by atoms with Crippen LogP contribution in [0.15, 0.2) is 102 Å². The summed E-state index contributed by atoms with van der Waals surface area (Å²) in [4.78, 5) is 13.2. The number of carbonyl (C=O) groups is 1. The molecule has 0 unspecified atom stereocenters.